The van der Waals surface area contributed by atoms with Crippen LogP contribution in [0.3, 0.4) is 0 Å². The van der Waals surface area contributed by atoms with Crippen molar-refractivity contribution in [2.24, 2.45) is 15.8 Å². The molecule has 0 radical (unpaired) electrons. The van der Waals surface area contributed by atoms with Crippen molar-refractivity contribution in [3.8, 4) is 0 Å². The van der Waals surface area contributed by atoms with Crippen molar-refractivity contribution in [2.45, 2.75) is 40.5 Å². The van der Waals surface area contributed by atoms with Gasteiger partial charge in [0.05, 0.1) is 5.41 Å². The lowest BCUT2D eigenvalue weighted by Crippen LogP contribution is -2.48. The molecule has 116 valence electrons. The maximum atomic E-state index is 11.8. The van der Waals surface area contributed by atoms with Gasteiger partial charge in [0.2, 0.25) is 5.91 Å². The summed E-state index contributed by atoms with van der Waals surface area (Å²) in [5.74, 6) is 0.944. The maximum Gasteiger partial charge on any atom is 0.227 e. The average Bonchev–Trinajstić information content (AvgIpc) is 2.81. The van der Waals surface area contributed by atoms with Crippen molar-refractivity contribution in [1.82, 2.24) is 15.5 Å². The smallest absolute Gasteiger partial charge is 0.227 e. The summed E-state index contributed by atoms with van der Waals surface area (Å²) in [6.45, 7) is 11.1. The molecule has 0 bridgehead atoms. The van der Waals surface area contributed by atoms with E-state index in [1.165, 1.54) is 12.8 Å². The Morgan fingerprint density at radius 3 is 2.55 bits per heavy atom. The monoisotopic (exact) mass is 282 g/mol. The molecule has 5 nitrogen and oxygen atoms in total. The topological polar surface area (TPSA) is 56.7 Å². The van der Waals surface area contributed by atoms with Crippen LogP contribution < -0.4 is 10.6 Å². The summed E-state index contributed by atoms with van der Waals surface area (Å²) in [5.41, 5.74) is -0.0631. The van der Waals surface area contributed by atoms with Crippen LogP contribution in [0.25, 0.3) is 0 Å². The molecule has 0 aromatic carbocycles. The van der Waals surface area contributed by atoms with E-state index < -0.39 is 5.41 Å². The van der Waals surface area contributed by atoms with E-state index in [9.17, 15) is 4.79 Å². The Labute approximate surface area is 123 Å². The number of hydrogen-bond donors (Lipinski definition) is 2. The first-order chi connectivity index (χ1) is 9.28. The molecule has 0 saturated carbocycles. The molecular formula is C15H30N4O. The fourth-order valence-corrected chi connectivity index (χ4v) is 2.54. The van der Waals surface area contributed by atoms with Gasteiger partial charge in [-0.05, 0) is 32.1 Å². The third-order valence-electron chi connectivity index (χ3n) is 4.45. The number of nitrogens with one attached hydrogen (secondary N) is 2. The lowest BCUT2D eigenvalue weighted by atomic mass is 9.87. The van der Waals surface area contributed by atoms with Gasteiger partial charge in [-0.3, -0.25) is 9.79 Å². The quantitative estimate of drug-likeness (QED) is 0.606. The van der Waals surface area contributed by atoms with Crippen LogP contribution in [0.5, 0.6) is 0 Å². The zero-order valence-corrected chi connectivity index (χ0v) is 13.8. The van der Waals surface area contributed by atoms with Crippen molar-refractivity contribution >= 4 is 11.9 Å². The highest BCUT2D eigenvalue weighted by molar-refractivity contribution is 5.84. The number of carbonyl (C=O) groups excluding carboxylic acids is 1. The van der Waals surface area contributed by atoms with Gasteiger partial charge in [-0.15, -0.1) is 0 Å². The highest BCUT2D eigenvalue weighted by Gasteiger charge is 2.34. The number of nitrogens with zero attached hydrogens (tertiary/aromatic N) is 2. The predicted molar refractivity (Wildman–Crippen MR) is 83.8 cm³/mol. The summed E-state index contributed by atoms with van der Waals surface area (Å²) in [6, 6.07) is 0. The van der Waals surface area contributed by atoms with Gasteiger partial charge in [0, 0.05) is 33.7 Å². The lowest BCUT2D eigenvalue weighted by molar-refractivity contribution is -0.128. The minimum Gasteiger partial charge on any atom is -0.359 e. The van der Waals surface area contributed by atoms with E-state index in [1.54, 1.807) is 14.1 Å². The highest BCUT2D eigenvalue weighted by atomic mass is 16.2. The molecule has 1 amide bonds. The van der Waals surface area contributed by atoms with Crippen molar-refractivity contribution in [3.05, 3.63) is 0 Å². The van der Waals surface area contributed by atoms with E-state index in [1.807, 2.05) is 13.8 Å². The van der Waals surface area contributed by atoms with Crippen LogP contribution >= 0.6 is 0 Å². The van der Waals surface area contributed by atoms with E-state index in [-0.39, 0.29) is 5.91 Å². The molecule has 1 aliphatic heterocycles. The minimum atomic E-state index is -0.446. The number of rotatable bonds is 4. The van der Waals surface area contributed by atoms with Gasteiger partial charge in [0.25, 0.3) is 0 Å². The Morgan fingerprint density at radius 1 is 1.45 bits per heavy atom. The van der Waals surface area contributed by atoms with E-state index in [4.69, 9.17) is 0 Å². The number of amides is 1. The Morgan fingerprint density at radius 2 is 2.10 bits per heavy atom. The second kappa shape index (κ2) is 6.46. The normalized spacial score (nSPS) is 23.9. The van der Waals surface area contributed by atoms with E-state index in [0.29, 0.717) is 12.0 Å². The van der Waals surface area contributed by atoms with Gasteiger partial charge in [0.15, 0.2) is 5.96 Å². The van der Waals surface area contributed by atoms with Crippen molar-refractivity contribution in [1.29, 1.82) is 0 Å². The molecule has 0 spiro atoms. The van der Waals surface area contributed by atoms with Crippen molar-refractivity contribution in [2.75, 3.05) is 33.7 Å². The number of likely N-dealkylation sites (tertiary alicyclic amines) is 1. The standard InChI is InChI=1S/C15H30N4O/c1-7-15(4)8-9-19(11-15)13(17-6)18-10-14(2,3)12(20)16-5/h7-11H2,1-6H3,(H,16,20)(H,17,18). The molecule has 2 N–H and O–H groups in total. The fourth-order valence-electron chi connectivity index (χ4n) is 2.54. The first kappa shape index (κ1) is 16.8. The zero-order chi connectivity index (χ0) is 15.4. The summed E-state index contributed by atoms with van der Waals surface area (Å²) >= 11 is 0. The molecule has 20 heavy (non-hydrogen) atoms. The minimum absolute atomic E-state index is 0.0419. The predicted octanol–water partition coefficient (Wildman–Crippen LogP) is 1.46. The molecule has 1 fully saturated rings. The Bertz CT molecular complexity index is 378. The summed E-state index contributed by atoms with van der Waals surface area (Å²) in [7, 11) is 3.48. The van der Waals surface area contributed by atoms with Crippen LogP contribution in [0.15, 0.2) is 4.99 Å². The summed E-state index contributed by atoms with van der Waals surface area (Å²) in [5, 5.41) is 6.05. The Hall–Kier alpha value is -1.26. The van der Waals surface area contributed by atoms with Gasteiger partial charge >= 0.3 is 0 Å². The zero-order valence-electron chi connectivity index (χ0n) is 13.8. The number of carbonyl (C=O) groups is 1. The molecule has 0 aromatic rings. The second-order valence-corrected chi connectivity index (χ2v) is 6.70. The van der Waals surface area contributed by atoms with Crippen molar-refractivity contribution in [3.63, 3.8) is 0 Å². The van der Waals surface area contributed by atoms with Gasteiger partial charge in [-0.25, -0.2) is 0 Å². The van der Waals surface area contributed by atoms with Gasteiger partial charge in [-0.2, -0.15) is 0 Å². The molecule has 1 unspecified atom stereocenters. The Kier molecular flexibility index (Phi) is 5.42. The van der Waals surface area contributed by atoms with Crippen LogP contribution in [0.2, 0.25) is 0 Å². The maximum absolute atomic E-state index is 11.8. The van der Waals surface area contributed by atoms with Crippen LogP contribution in [0.1, 0.15) is 40.5 Å². The average molecular weight is 282 g/mol. The molecule has 1 rings (SSSR count). The molecule has 1 atom stereocenters. The Balaban J connectivity index is 2.60. The molecule has 0 aromatic heterocycles. The number of guanidine groups is 1. The van der Waals surface area contributed by atoms with E-state index >= 15 is 0 Å². The number of hydrogen-bond acceptors (Lipinski definition) is 2. The second-order valence-electron chi connectivity index (χ2n) is 6.70. The van der Waals surface area contributed by atoms with Crippen LogP contribution in [-0.4, -0.2) is 50.5 Å². The van der Waals surface area contributed by atoms with Gasteiger partial charge < -0.3 is 15.5 Å². The van der Waals surface area contributed by atoms with E-state index in [0.717, 1.165) is 19.0 Å². The van der Waals surface area contributed by atoms with Gasteiger partial charge in [0.1, 0.15) is 0 Å². The first-order valence-corrected chi connectivity index (χ1v) is 7.46. The number of aliphatic imine (C=N–C) groups is 1. The molecule has 1 heterocycles. The molecule has 1 saturated heterocycles. The third kappa shape index (κ3) is 3.87. The SMILES string of the molecule is CCC1(C)CCN(C(=NC)NCC(C)(C)C(=O)NC)C1. The fraction of sp³-hybridized carbons (Fsp3) is 0.867. The van der Waals surface area contributed by atoms with Crippen LogP contribution in [0.4, 0.5) is 0 Å². The van der Waals surface area contributed by atoms with E-state index in [2.05, 4.69) is 34.4 Å². The molecular weight excluding hydrogens is 252 g/mol. The summed E-state index contributed by atoms with van der Waals surface area (Å²) < 4.78 is 0. The molecule has 5 heteroatoms. The third-order valence-corrected chi connectivity index (χ3v) is 4.45. The van der Waals surface area contributed by atoms with Crippen LogP contribution in [0, 0.1) is 10.8 Å². The van der Waals surface area contributed by atoms with Crippen LogP contribution in [-0.2, 0) is 4.79 Å². The molecule has 0 aliphatic carbocycles. The summed E-state index contributed by atoms with van der Waals surface area (Å²) in [4.78, 5) is 18.5. The van der Waals surface area contributed by atoms with Gasteiger partial charge in [-0.1, -0.05) is 13.8 Å². The lowest BCUT2D eigenvalue weighted by Gasteiger charge is -2.28. The van der Waals surface area contributed by atoms with Crippen molar-refractivity contribution < 1.29 is 4.79 Å². The molecule has 1 aliphatic rings. The largest absolute Gasteiger partial charge is 0.359 e. The summed E-state index contributed by atoms with van der Waals surface area (Å²) in [6.07, 6.45) is 2.38. The highest BCUT2D eigenvalue weighted by Crippen LogP contribution is 2.32. The first-order valence-electron chi connectivity index (χ1n) is 7.46.